The standard InChI is InChI=1S/C21H24N2O4/c1-13-5-4-6-17(14(13)2)23-12-16(10-20(23)25)21(26)22-11-15-7-8-19(27-3)18(24)9-15/h4-9,16,24H,10-12H2,1-3H3,(H,22,26)/t16-/m1/s1. The molecule has 6 nitrogen and oxygen atoms in total. The lowest BCUT2D eigenvalue weighted by atomic mass is 10.1. The van der Waals surface area contributed by atoms with Crippen LogP contribution < -0.4 is 15.0 Å². The molecule has 2 aromatic rings. The molecule has 1 aliphatic heterocycles. The number of aryl methyl sites for hydroxylation is 1. The number of phenols is 1. The van der Waals surface area contributed by atoms with E-state index in [1.807, 2.05) is 32.0 Å². The maximum Gasteiger partial charge on any atom is 0.227 e. The van der Waals surface area contributed by atoms with Gasteiger partial charge in [-0.05, 0) is 48.7 Å². The van der Waals surface area contributed by atoms with Gasteiger partial charge >= 0.3 is 0 Å². The molecule has 2 aromatic carbocycles. The molecule has 6 heteroatoms. The highest BCUT2D eigenvalue weighted by atomic mass is 16.5. The lowest BCUT2D eigenvalue weighted by molar-refractivity contribution is -0.126. The molecule has 1 heterocycles. The van der Waals surface area contributed by atoms with Crippen LogP contribution in [0.15, 0.2) is 36.4 Å². The molecule has 1 fully saturated rings. The highest BCUT2D eigenvalue weighted by Crippen LogP contribution is 2.30. The maximum atomic E-state index is 12.5. The van der Waals surface area contributed by atoms with E-state index in [9.17, 15) is 14.7 Å². The second-order valence-electron chi connectivity index (χ2n) is 6.85. The molecular formula is C21H24N2O4. The first kappa shape index (κ1) is 18.8. The molecule has 3 rings (SSSR count). The topological polar surface area (TPSA) is 78.9 Å². The van der Waals surface area contributed by atoms with Crippen LogP contribution in [0.3, 0.4) is 0 Å². The van der Waals surface area contributed by atoms with Gasteiger partial charge in [0.05, 0.1) is 13.0 Å². The van der Waals surface area contributed by atoms with Crippen LogP contribution in [0.1, 0.15) is 23.1 Å². The summed E-state index contributed by atoms with van der Waals surface area (Å²) in [6.45, 7) is 4.66. The van der Waals surface area contributed by atoms with E-state index in [0.717, 1.165) is 22.4 Å². The Morgan fingerprint density at radius 3 is 2.78 bits per heavy atom. The Kier molecular flexibility index (Phi) is 5.35. The van der Waals surface area contributed by atoms with Crippen LogP contribution >= 0.6 is 0 Å². The molecule has 1 aliphatic rings. The summed E-state index contributed by atoms with van der Waals surface area (Å²) >= 11 is 0. The van der Waals surface area contributed by atoms with Crippen molar-refractivity contribution >= 4 is 17.5 Å². The molecule has 0 unspecified atom stereocenters. The predicted molar refractivity (Wildman–Crippen MR) is 103 cm³/mol. The van der Waals surface area contributed by atoms with Gasteiger partial charge in [0.2, 0.25) is 11.8 Å². The number of ether oxygens (including phenoxy) is 1. The van der Waals surface area contributed by atoms with Crippen LogP contribution in [-0.4, -0.2) is 30.6 Å². The number of hydrogen-bond acceptors (Lipinski definition) is 4. The zero-order chi connectivity index (χ0) is 19.6. The average Bonchev–Trinajstić information content (AvgIpc) is 3.04. The van der Waals surface area contributed by atoms with Crippen LogP contribution in [0.2, 0.25) is 0 Å². The van der Waals surface area contributed by atoms with Crippen molar-refractivity contribution in [3.05, 3.63) is 53.1 Å². The number of amides is 2. The third-order valence-electron chi connectivity index (χ3n) is 5.07. The van der Waals surface area contributed by atoms with Crippen LogP contribution in [0.4, 0.5) is 5.69 Å². The van der Waals surface area contributed by atoms with Crippen LogP contribution in [0, 0.1) is 19.8 Å². The Hall–Kier alpha value is -3.02. The van der Waals surface area contributed by atoms with E-state index in [0.29, 0.717) is 12.3 Å². The minimum absolute atomic E-state index is 0.0291. The number of nitrogens with one attached hydrogen (secondary N) is 1. The zero-order valence-corrected chi connectivity index (χ0v) is 15.8. The number of carbonyl (C=O) groups excluding carboxylic acids is 2. The highest BCUT2D eigenvalue weighted by Gasteiger charge is 2.35. The molecule has 0 radical (unpaired) electrons. The monoisotopic (exact) mass is 368 g/mol. The normalized spacial score (nSPS) is 16.5. The SMILES string of the molecule is COc1ccc(CNC(=O)[C@@H]2CC(=O)N(c3cccc(C)c3C)C2)cc1O. The van der Waals surface area contributed by atoms with Crippen molar-refractivity contribution in [2.75, 3.05) is 18.6 Å². The molecule has 0 aromatic heterocycles. The van der Waals surface area contributed by atoms with Crippen molar-refractivity contribution in [3.8, 4) is 11.5 Å². The average molecular weight is 368 g/mol. The third kappa shape index (κ3) is 3.89. The Balaban J connectivity index is 1.64. The van der Waals surface area contributed by atoms with Crippen molar-refractivity contribution in [1.29, 1.82) is 0 Å². The Labute approximate surface area is 158 Å². The van der Waals surface area contributed by atoms with E-state index < -0.39 is 0 Å². The van der Waals surface area contributed by atoms with Crippen LogP contribution in [0.25, 0.3) is 0 Å². The Bertz CT molecular complexity index is 878. The number of carbonyl (C=O) groups is 2. The van der Waals surface area contributed by atoms with Crippen molar-refractivity contribution in [2.45, 2.75) is 26.8 Å². The Morgan fingerprint density at radius 2 is 2.07 bits per heavy atom. The fraction of sp³-hybridized carbons (Fsp3) is 0.333. The van der Waals surface area contributed by atoms with Gasteiger partial charge in [0.15, 0.2) is 11.5 Å². The number of rotatable bonds is 5. The molecule has 0 aliphatic carbocycles. The molecule has 2 amide bonds. The van der Waals surface area contributed by atoms with Crippen LogP contribution in [-0.2, 0) is 16.1 Å². The zero-order valence-electron chi connectivity index (χ0n) is 15.8. The summed E-state index contributed by atoms with van der Waals surface area (Å²) in [5.74, 6) is -0.168. The maximum absolute atomic E-state index is 12.5. The number of phenolic OH excluding ortho intramolecular Hbond substituents is 1. The van der Waals surface area contributed by atoms with Crippen molar-refractivity contribution < 1.29 is 19.4 Å². The smallest absolute Gasteiger partial charge is 0.227 e. The van der Waals surface area contributed by atoms with E-state index in [2.05, 4.69) is 5.32 Å². The lowest BCUT2D eigenvalue weighted by Gasteiger charge is -2.20. The van der Waals surface area contributed by atoms with Gasteiger partial charge < -0.3 is 20.1 Å². The van der Waals surface area contributed by atoms with Gasteiger partial charge in [0, 0.05) is 25.2 Å². The minimum atomic E-state index is -0.385. The van der Waals surface area contributed by atoms with E-state index >= 15 is 0 Å². The fourth-order valence-corrected chi connectivity index (χ4v) is 3.32. The van der Waals surface area contributed by atoms with E-state index in [1.165, 1.54) is 7.11 Å². The number of anilines is 1. The van der Waals surface area contributed by atoms with Crippen LogP contribution in [0.5, 0.6) is 11.5 Å². The van der Waals surface area contributed by atoms with Crippen molar-refractivity contribution in [1.82, 2.24) is 5.32 Å². The Morgan fingerprint density at radius 1 is 1.30 bits per heavy atom. The first-order valence-electron chi connectivity index (χ1n) is 8.91. The minimum Gasteiger partial charge on any atom is -0.504 e. The van der Waals surface area contributed by atoms with E-state index in [4.69, 9.17) is 4.74 Å². The van der Waals surface area contributed by atoms with Gasteiger partial charge in [0.25, 0.3) is 0 Å². The van der Waals surface area contributed by atoms with Gasteiger partial charge in [-0.25, -0.2) is 0 Å². The first-order chi connectivity index (χ1) is 12.9. The first-order valence-corrected chi connectivity index (χ1v) is 8.91. The largest absolute Gasteiger partial charge is 0.504 e. The number of nitrogens with zero attached hydrogens (tertiary/aromatic N) is 1. The number of aromatic hydroxyl groups is 1. The molecule has 27 heavy (non-hydrogen) atoms. The second-order valence-corrected chi connectivity index (χ2v) is 6.85. The molecule has 142 valence electrons. The summed E-state index contributed by atoms with van der Waals surface area (Å²) in [7, 11) is 1.48. The number of benzene rings is 2. The molecule has 0 bridgehead atoms. The molecule has 0 saturated carbocycles. The summed E-state index contributed by atoms with van der Waals surface area (Å²) in [4.78, 5) is 26.7. The quantitative estimate of drug-likeness (QED) is 0.850. The molecular weight excluding hydrogens is 344 g/mol. The summed E-state index contributed by atoms with van der Waals surface area (Å²) in [6.07, 6.45) is 0.201. The third-order valence-corrected chi connectivity index (χ3v) is 5.07. The van der Waals surface area contributed by atoms with Crippen molar-refractivity contribution in [2.24, 2.45) is 5.92 Å². The predicted octanol–water partition coefficient (Wildman–Crippen LogP) is 2.69. The fourth-order valence-electron chi connectivity index (χ4n) is 3.32. The molecule has 2 N–H and O–H groups in total. The molecule has 1 saturated heterocycles. The summed E-state index contributed by atoms with van der Waals surface area (Å²) in [6, 6.07) is 10.8. The highest BCUT2D eigenvalue weighted by molar-refractivity contribution is 6.00. The lowest BCUT2D eigenvalue weighted by Crippen LogP contribution is -2.32. The summed E-state index contributed by atoms with van der Waals surface area (Å²) in [5.41, 5.74) is 3.81. The summed E-state index contributed by atoms with van der Waals surface area (Å²) in [5, 5.41) is 12.7. The van der Waals surface area contributed by atoms with E-state index in [1.54, 1.807) is 23.1 Å². The van der Waals surface area contributed by atoms with Gasteiger partial charge in [-0.3, -0.25) is 9.59 Å². The van der Waals surface area contributed by atoms with E-state index in [-0.39, 0.29) is 36.4 Å². The molecule has 1 atom stereocenters. The van der Waals surface area contributed by atoms with Crippen molar-refractivity contribution in [3.63, 3.8) is 0 Å². The van der Waals surface area contributed by atoms with Gasteiger partial charge in [-0.1, -0.05) is 18.2 Å². The van der Waals surface area contributed by atoms with Gasteiger partial charge in [-0.2, -0.15) is 0 Å². The number of methoxy groups -OCH3 is 1. The summed E-state index contributed by atoms with van der Waals surface area (Å²) < 4.78 is 5.01. The van der Waals surface area contributed by atoms with Gasteiger partial charge in [0.1, 0.15) is 0 Å². The number of hydrogen-bond donors (Lipinski definition) is 2. The molecule has 0 spiro atoms. The second kappa shape index (κ2) is 7.70. The van der Waals surface area contributed by atoms with Gasteiger partial charge in [-0.15, -0.1) is 0 Å².